The topological polar surface area (TPSA) is 25.8 Å². The van der Waals surface area contributed by atoms with Crippen molar-refractivity contribution in [3.8, 4) is 0 Å². The minimum Gasteiger partial charge on any atom is -0.240 e. The maximum Gasteiger partial charge on any atom is 0.234 e. The van der Waals surface area contributed by atoms with Crippen LogP contribution in [-0.4, -0.2) is 9.97 Å². The maximum atomic E-state index is 12.6. The van der Waals surface area contributed by atoms with Crippen LogP contribution in [0, 0.1) is 19.8 Å². The molecule has 4 heteroatoms. The van der Waals surface area contributed by atoms with Crippen LogP contribution in [0.3, 0.4) is 0 Å². The highest BCUT2D eigenvalue weighted by Gasteiger charge is 2.03. The minimum atomic E-state index is -0.499. The molecule has 10 heavy (non-hydrogen) atoms. The average molecular weight is 205 g/mol. The first kappa shape index (κ1) is 7.60. The SMILES string of the molecule is Cc1nc(Br)c(C)nc1F. The molecule has 0 amide bonds. The Hall–Kier alpha value is -0.510. The second-order valence-corrected chi connectivity index (χ2v) is 2.73. The lowest BCUT2D eigenvalue weighted by atomic mass is 10.4. The summed E-state index contributed by atoms with van der Waals surface area (Å²) in [7, 11) is 0. The molecular formula is C6H6BrFN2. The zero-order chi connectivity index (χ0) is 7.72. The van der Waals surface area contributed by atoms with Crippen LogP contribution in [0.4, 0.5) is 4.39 Å². The molecule has 0 unspecified atom stereocenters. The van der Waals surface area contributed by atoms with Crippen LogP contribution in [0.1, 0.15) is 11.4 Å². The monoisotopic (exact) mass is 204 g/mol. The van der Waals surface area contributed by atoms with E-state index in [-0.39, 0.29) is 0 Å². The second-order valence-electron chi connectivity index (χ2n) is 1.98. The summed E-state index contributed by atoms with van der Waals surface area (Å²) in [5.74, 6) is -0.499. The molecule has 1 heterocycles. The van der Waals surface area contributed by atoms with Crippen molar-refractivity contribution in [2.45, 2.75) is 13.8 Å². The first-order chi connectivity index (χ1) is 4.61. The highest BCUT2D eigenvalue weighted by molar-refractivity contribution is 9.10. The van der Waals surface area contributed by atoms with Crippen LogP contribution in [0.15, 0.2) is 4.60 Å². The van der Waals surface area contributed by atoms with Gasteiger partial charge in [0.15, 0.2) is 0 Å². The summed E-state index contributed by atoms with van der Waals surface area (Å²) in [5.41, 5.74) is 0.889. The van der Waals surface area contributed by atoms with E-state index in [2.05, 4.69) is 25.9 Å². The molecule has 0 saturated heterocycles. The lowest BCUT2D eigenvalue weighted by Crippen LogP contribution is -1.96. The fourth-order valence-corrected chi connectivity index (χ4v) is 0.903. The zero-order valence-corrected chi connectivity index (χ0v) is 7.24. The zero-order valence-electron chi connectivity index (χ0n) is 5.65. The highest BCUT2D eigenvalue weighted by atomic mass is 79.9. The predicted octanol–water partition coefficient (Wildman–Crippen LogP) is 2.00. The fraction of sp³-hybridized carbons (Fsp3) is 0.333. The maximum absolute atomic E-state index is 12.6. The molecule has 0 aliphatic heterocycles. The number of aromatic nitrogens is 2. The van der Waals surface area contributed by atoms with Gasteiger partial charge in [-0.05, 0) is 29.8 Å². The summed E-state index contributed by atoms with van der Waals surface area (Å²) < 4.78 is 13.2. The van der Waals surface area contributed by atoms with Crippen molar-refractivity contribution < 1.29 is 4.39 Å². The van der Waals surface area contributed by atoms with Crippen LogP contribution in [0.2, 0.25) is 0 Å². The van der Waals surface area contributed by atoms with Crippen LogP contribution >= 0.6 is 15.9 Å². The summed E-state index contributed by atoms with van der Waals surface area (Å²) in [4.78, 5) is 7.45. The van der Waals surface area contributed by atoms with Gasteiger partial charge in [-0.2, -0.15) is 4.39 Å². The van der Waals surface area contributed by atoms with Crippen molar-refractivity contribution in [2.75, 3.05) is 0 Å². The third kappa shape index (κ3) is 1.31. The van der Waals surface area contributed by atoms with E-state index in [9.17, 15) is 4.39 Å². The molecule has 0 fully saturated rings. The molecule has 0 spiro atoms. The number of aryl methyl sites for hydroxylation is 2. The van der Waals surface area contributed by atoms with Gasteiger partial charge in [0.1, 0.15) is 4.60 Å². The Balaban J connectivity index is 3.28. The molecule has 0 radical (unpaired) electrons. The van der Waals surface area contributed by atoms with Crippen LogP contribution < -0.4 is 0 Å². The van der Waals surface area contributed by atoms with E-state index in [1.54, 1.807) is 13.8 Å². The van der Waals surface area contributed by atoms with Crippen molar-refractivity contribution in [1.29, 1.82) is 0 Å². The summed E-state index contributed by atoms with van der Waals surface area (Å²) in [6.45, 7) is 3.27. The minimum absolute atomic E-state index is 0.317. The molecule has 0 N–H and O–H groups in total. The molecule has 0 saturated carbocycles. The van der Waals surface area contributed by atoms with Crippen molar-refractivity contribution in [3.63, 3.8) is 0 Å². The molecule has 0 atom stereocenters. The lowest BCUT2D eigenvalue weighted by Gasteiger charge is -1.97. The van der Waals surface area contributed by atoms with Crippen molar-refractivity contribution >= 4 is 15.9 Å². The average Bonchev–Trinajstić information content (AvgIpc) is 1.84. The van der Waals surface area contributed by atoms with Gasteiger partial charge in [-0.25, -0.2) is 9.97 Å². The van der Waals surface area contributed by atoms with Crippen molar-refractivity contribution in [3.05, 3.63) is 21.9 Å². The molecule has 2 nitrogen and oxygen atoms in total. The largest absolute Gasteiger partial charge is 0.240 e. The number of hydrogen-bond donors (Lipinski definition) is 0. The normalized spacial score (nSPS) is 10.0. The third-order valence-electron chi connectivity index (χ3n) is 1.13. The summed E-state index contributed by atoms with van der Waals surface area (Å²) in [6, 6.07) is 0. The molecule has 1 rings (SSSR count). The molecule has 0 aromatic carbocycles. The molecular weight excluding hydrogens is 199 g/mol. The third-order valence-corrected chi connectivity index (χ3v) is 1.88. The smallest absolute Gasteiger partial charge is 0.234 e. The van der Waals surface area contributed by atoms with Crippen LogP contribution in [0.25, 0.3) is 0 Å². The Kier molecular flexibility index (Phi) is 1.99. The highest BCUT2D eigenvalue weighted by Crippen LogP contribution is 2.11. The van der Waals surface area contributed by atoms with Gasteiger partial charge in [0, 0.05) is 0 Å². The Morgan fingerprint density at radius 3 is 2.30 bits per heavy atom. The number of halogens is 2. The van der Waals surface area contributed by atoms with Gasteiger partial charge >= 0.3 is 0 Å². The van der Waals surface area contributed by atoms with Crippen molar-refractivity contribution in [2.24, 2.45) is 0 Å². The summed E-state index contributed by atoms with van der Waals surface area (Å²) in [5, 5.41) is 0. The first-order valence-corrected chi connectivity index (χ1v) is 3.57. The van der Waals surface area contributed by atoms with E-state index in [0.29, 0.717) is 16.0 Å². The van der Waals surface area contributed by atoms with E-state index >= 15 is 0 Å². The van der Waals surface area contributed by atoms with Gasteiger partial charge in [-0.3, -0.25) is 0 Å². The van der Waals surface area contributed by atoms with Gasteiger partial charge in [-0.1, -0.05) is 0 Å². The van der Waals surface area contributed by atoms with Gasteiger partial charge in [0.2, 0.25) is 5.95 Å². The lowest BCUT2D eigenvalue weighted by molar-refractivity contribution is 0.559. The van der Waals surface area contributed by atoms with Gasteiger partial charge in [0.25, 0.3) is 0 Å². The van der Waals surface area contributed by atoms with Crippen LogP contribution in [-0.2, 0) is 0 Å². The predicted molar refractivity (Wildman–Crippen MR) is 39.2 cm³/mol. The van der Waals surface area contributed by atoms with E-state index < -0.39 is 5.95 Å². The second kappa shape index (κ2) is 2.62. The van der Waals surface area contributed by atoms with E-state index in [1.165, 1.54) is 0 Å². The number of rotatable bonds is 0. The molecule has 0 bridgehead atoms. The van der Waals surface area contributed by atoms with Crippen LogP contribution in [0.5, 0.6) is 0 Å². The van der Waals surface area contributed by atoms with Gasteiger partial charge < -0.3 is 0 Å². The van der Waals surface area contributed by atoms with Crippen molar-refractivity contribution in [1.82, 2.24) is 9.97 Å². The fourth-order valence-electron chi connectivity index (χ4n) is 0.549. The molecule has 54 valence electrons. The Morgan fingerprint density at radius 1 is 1.20 bits per heavy atom. The molecule has 0 aliphatic rings. The molecule has 1 aromatic rings. The summed E-state index contributed by atoms with van der Waals surface area (Å²) in [6.07, 6.45) is 0. The molecule has 1 aromatic heterocycles. The molecule has 0 aliphatic carbocycles. The first-order valence-electron chi connectivity index (χ1n) is 2.77. The summed E-state index contributed by atoms with van der Waals surface area (Å²) >= 11 is 3.14. The standard InChI is InChI=1S/C6H6BrFN2/c1-3-5(7)9-4(2)6(8)10-3/h1-2H3. The number of hydrogen-bond acceptors (Lipinski definition) is 2. The Morgan fingerprint density at radius 2 is 1.80 bits per heavy atom. The van der Waals surface area contributed by atoms with E-state index in [1.807, 2.05) is 0 Å². The Labute approximate surface area is 66.6 Å². The Bertz CT molecular complexity index is 212. The quantitative estimate of drug-likeness (QED) is 0.647. The van der Waals surface area contributed by atoms with Gasteiger partial charge in [0.05, 0.1) is 11.4 Å². The number of nitrogens with zero attached hydrogens (tertiary/aromatic N) is 2. The van der Waals surface area contributed by atoms with E-state index in [0.717, 1.165) is 0 Å². The van der Waals surface area contributed by atoms with E-state index in [4.69, 9.17) is 0 Å². The van der Waals surface area contributed by atoms with Gasteiger partial charge in [-0.15, -0.1) is 0 Å².